The number of ketones is 1. The maximum absolute atomic E-state index is 14.4. The second-order valence-electron chi connectivity index (χ2n) is 23.8. The van der Waals surface area contributed by atoms with Gasteiger partial charge in [0.05, 0.1) is 44.8 Å². The number of hydrogen-bond donors (Lipinski definition) is 5. The lowest BCUT2D eigenvalue weighted by Crippen LogP contribution is -2.60. The Balaban J connectivity index is 1.37. The number of aliphatic hydroxyl groups is 1. The zero-order valence-corrected chi connectivity index (χ0v) is 51.3. The van der Waals surface area contributed by atoms with Crippen molar-refractivity contribution in [1.82, 2.24) is 36.0 Å². The van der Waals surface area contributed by atoms with Gasteiger partial charge in [-0.1, -0.05) is 65.0 Å². The molecule has 84 heavy (non-hydrogen) atoms. The molecule has 5 N–H and O–H groups in total. The number of benzene rings is 1. The van der Waals surface area contributed by atoms with Gasteiger partial charge in [0, 0.05) is 46.1 Å². The highest BCUT2D eigenvalue weighted by Crippen LogP contribution is 2.38. The van der Waals surface area contributed by atoms with Crippen LogP contribution in [0.1, 0.15) is 137 Å². The van der Waals surface area contributed by atoms with Crippen molar-refractivity contribution in [1.29, 1.82) is 0 Å². The number of nitrogens with one attached hydrogen (secondary N) is 4. The number of rotatable bonds is 11. The number of ether oxygens (including phenoxy) is 4. The monoisotopic (exact) mass is 1200 g/mol. The number of thioether (sulfide) groups is 1. The standard InChI is InChI=1S/C60H91N7O16S/c1-36(2)29-46-55(74)64-44(32-41-15-11-10-12-16-41)57(76)65(7)34-50(69)62-26-25-61-49(68)33-48(38(4)31-42-19-21-47(37(3)30-42)81-53(72)23-22-52(71)80-9)82-59(78)45-17-13-14-27-67(45)58(77)54(73)60(79)39(5)18-20-43(83-60)24-28-84-35-51(70)63-40(6)56(75)66(46)8/h10-12,15-16,36-40,42-48,79H,13-14,17-35H2,1-9H3,(H,61,68)(H,62,69)(H,63,70)(H,64,74)/t37-,38-,39-,40+,42+,43+,44+,45+,46+,47-,48+,60-/m1/s1. The fourth-order valence-electron chi connectivity index (χ4n) is 11.6. The highest BCUT2D eigenvalue weighted by molar-refractivity contribution is 7.99. The number of piperidine rings is 1. The number of cyclic esters (lactones) is 1. The molecule has 12 atom stereocenters. The number of esters is 3. The van der Waals surface area contributed by atoms with Crippen molar-refractivity contribution in [3.05, 3.63) is 35.9 Å². The molecule has 1 aromatic carbocycles. The number of hydrogen-bond acceptors (Lipinski definition) is 17. The van der Waals surface area contributed by atoms with Crippen LogP contribution >= 0.6 is 11.8 Å². The second-order valence-corrected chi connectivity index (χ2v) is 24.9. The van der Waals surface area contributed by atoms with Crippen LogP contribution in [0.2, 0.25) is 0 Å². The highest BCUT2D eigenvalue weighted by atomic mass is 32.2. The first-order valence-corrected chi connectivity index (χ1v) is 31.0. The van der Waals surface area contributed by atoms with E-state index in [1.54, 1.807) is 31.2 Å². The summed E-state index contributed by atoms with van der Waals surface area (Å²) in [6.07, 6.45) is 2.31. The van der Waals surface area contributed by atoms with E-state index < -0.39 is 126 Å². The fraction of sp³-hybridized carbons (Fsp3) is 0.717. The lowest BCUT2D eigenvalue weighted by Gasteiger charge is -2.42. The predicted molar refractivity (Wildman–Crippen MR) is 310 cm³/mol. The van der Waals surface area contributed by atoms with E-state index in [1.807, 2.05) is 33.8 Å². The normalized spacial score (nSPS) is 30.0. The van der Waals surface area contributed by atoms with Crippen molar-refractivity contribution in [3.63, 3.8) is 0 Å². The van der Waals surface area contributed by atoms with Gasteiger partial charge in [0.1, 0.15) is 36.4 Å². The van der Waals surface area contributed by atoms with E-state index in [2.05, 4.69) is 26.0 Å². The smallest absolute Gasteiger partial charge is 0.329 e. The van der Waals surface area contributed by atoms with E-state index in [0.29, 0.717) is 63.5 Å². The summed E-state index contributed by atoms with van der Waals surface area (Å²) in [4.78, 5) is 154. The molecule has 3 aliphatic heterocycles. The molecule has 468 valence electrons. The minimum absolute atomic E-state index is 0.0179. The van der Waals surface area contributed by atoms with Crippen molar-refractivity contribution in [2.24, 2.45) is 29.6 Å². The largest absolute Gasteiger partial charge is 0.469 e. The lowest BCUT2D eigenvalue weighted by molar-refractivity contribution is -0.262. The summed E-state index contributed by atoms with van der Waals surface area (Å²) in [5.41, 5.74) is 0.727. The Hall–Kier alpha value is -6.14. The summed E-state index contributed by atoms with van der Waals surface area (Å²) in [6.45, 7) is 10.2. The van der Waals surface area contributed by atoms with Crippen LogP contribution in [0.15, 0.2) is 30.3 Å². The van der Waals surface area contributed by atoms with Crippen LogP contribution in [0, 0.1) is 29.6 Å². The topological polar surface area (TPSA) is 303 Å². The molecule has 1 aromatic rings. The Kier molecular flexibility index (Phi) is 26.9. The van der Waals surface area contributed by atoms with Crippen molar-refractivity contribution < 1.29 is 76.8 Å². The maximum Gasteiger partial charge on any atom is 0.329 e. The second kappa shape index (κ2) is 33.0. The van der Waals surface area contributed by atoms with E-state index in [1.165, 1.54) is 49.7 Å². The van der Waals surface area contributed by atoms with Gasteiger partial charge in [-0.2, -0.15) is 11.8 Å². The molecule has 0 aromatic heterocycles. The van der Waals surface area contributed by atoms with E-state index in [9.17, 15) is 57.8 Å². The Labute approximate surface area is 498 Å². The molecule has 1 aliphatic carbocycles. The van der Waals surface area contributed by atoms with Crippen LogP contribution in [0.3, 0.4) is 0 Å². The molecular weight excluding hydrogens is 1110 g/mol. The molecule has 7 amide bonds. The van der Waals surface area contributed by atoms with Gasteiger partial charge < -0.3 is 60.0 Å². The molecular formula is C60H91N7O16S. The van der Waals surface area contributed by atoms with Crippen LogP contribution in [-0.2, 0) is 78.1 Å². The molecule has 5 rings (SSSR count). The molecule has 4 fully saturated rings. The quantitative estimate of drug-likeness (QED) is 0.121. The van der Waals surface area contributed by atoms with Gasteiger partial charge >= 0.3 is 17.9 Å². The number of methoxy groups -OCH3 is 1. The molecule has 0 unspecified atom stereocenters. The number of carbonyl (C=O) groups excluding carboxylic acids is 11. The molecule has 0 spiro atoms. The SMILES string of the molecule is COC(=O)CCC(=O)O[C@@H]1CC[C@H](C[C@@H](C)[C@@H]2CC(=O)NCCNC(=O)CN(C)C(=O)[C@H](Cc3ccccc3)NC(=O)[C@H](CC(C)C)N(C)C(=O)[C@H](C)NC(=O)CSCC[C@@H]3CC[C@@H](C)[C@@](O)(O3)C(=O)C(=O)N3CCCC[C@H]3C(=O)O2)C[C@H]1C. The maximum atomic E-state index is 14.4. The molecule has 3 saturated heterocycles. The van der Waals surface area contributed by atoms with Crippen molar-refractivity contribution in [2.75, 3.05) is 58.9 Å². The predicted octanol–water partition coefficient (Wildman–Crippen LogP) is 3.00. The van der Waals surface area contributed by atoms with E-state index in [4.69, 9.17) is 14.2 Å². The van der Waals surface area contributed by atoms with Gasteiger partial charge in [0.2, 0.25) is 41.2 Å². The van der Waals surface area contributed by atoms with Gasteiger partial charge in [0.25, 0.3) is 11.7 Å². The zero-order chi connectivity index (χ0) is 61.8. The summed E-state index contributed by atoms with van der Waals surface area (Å²) in [7, 11) is 4.14. The van der Waals surface area contributed by atoms with Crippen LogP contribution < -0.4 is 21.3 Å². The van der Waals surface area contributed by atoms with Crippen LogP contribution in [0.4, 0.5) is 0 Å². The Morgan fingerprint density at radius 2 is 1.50 bits per heavy atom. The highest BCUT2D eigenvalue weighted by Gasteiger charge is 2.53. The summed E-state index contributed by atoms with van der Waals surface area (Å²) in [5, 5.41) is 23.0. The summed E-state index contributed by atoms with van der Waals surface area (Å²) in [5.74, 6) is -10.9. The number of amides is 7. The van der Waals surface area contributed by atoms with Gasteiger partial charge in [-0.05, 0) is 113 Å². The molecule has 2 bridgehead atoms. The lowest BCUT2D eigenvalue weighted by atomic mass is 9.75. The van der Waals surface area contributed by atoms with Gasteiger partial charge in [-0.15, -0.1) is 0 Å². The third kappa shape index (κ3) is 20.3. The average Bonchev–Trinajstić information content (AvgIpc) is 3.60. The summed E-state index contributed by atoms with van der Waals surface area (Å²) < 4.78 is 22.7. The van der Waals surface area contributed by atoms with Crippen LogP contribution in [-0.4, -0.2) is 192 Å². The molecule has 0 radical (unpaired) electrons. The average molecular weight is 1200 g/mol. The molecule has 4 aliphatic rings. The first kappa shape index (κ1) is 68.6. The van der Waals surface area contributed by atoms with Crippen molar-refractivity contribution >= 4 is 76.8 Å². The number of nitrogens with zero attached hydrogens (tertiary/aromatic N) is 3. The van der Waals surface area contributed by atoms with E-state index in [0.717, 1.165) is 10.5 Å². The molecule has 24 heteroatoms. The Morgan fingerprint density at radius 3 is 2.18 bits per heavy atom. The number of Topliss-reactive ketones (excluding diaryl/α,β-unsaturated/α-hetero) is 1. The Morgan fingerprint density at radius 1 is 0.810 bits per heavy atom. The minimum Gasteiger partial charge on any atom is -0.469 e. The third-order valence-electron chi connectivity index (χ3n) is 16.5. The number of fused-ring (bicyclic) bond motifs is 3. The van der Waals surface area contributed by atoms with Gasteiger partial charge in [-0.3, -0.25) is 47.9 Å². The summed E-state index contributed by atoms with van der Waals surface area (Å²) in [6, 6.07) is 4.53. The molecule has 1 saturated carbocycles. The third-order valence-corrected chi connectivity index (χ3v) is 17.5. The number of carbonyl (C=O) groups is 11. The minimum atomic E-state index is -2.52. The Bertz CT molecular complexity index is 2470. The van der Waals surface area contributed by atoms with Crippen LogP contribution in [0.5, 0.6) is 0 Å². The van der Waals surface area contributed by atoms with Gasteiger partial charge in [0.15, 0.2) is 0 Å². The molecule has 3 heterocycles. The van der Waals surface area contributed by atoms with E-state index >= 15 is 0 Å². The first-order chi connectivity index (χ1) is 39.8. The summed E-state index contributed by atoms with van der Waals surface area (Å²) >= 11 is 1.24. The van der Waals surface area contributed by atoms with Crippen molar-refractivity contribution in [3.8, 4) is 0 Å². The first-order valence-electron chi connectivity index (χ1n) is 29.8. The fourth-order valence-corrected chi connectivity index (χ4v) is 12.4. The number of likely N-dealkylation sites (N-methyl/N-ethyl adjacent to an activating group) is 2. The van der Waals surface area contributed by atoms with Crippen LogP contribution in [0.25, 0.3) is 0 Å². The molecule has 23 nitrogen and oxygen atoms in total. The zero-order valence-electron chi connectivity index (χ0n) is 50.5. The van der Waals surface area contributed by atoms with Crippen molar-refractivity contribution in [2.45, 2.75) is 186 Å². The van der Waals surface area contributed by atoms with E-state index in [-0.39, 0.29) is 87.8 Å². The van der Waals surface area contributed by atoms with Gasteiger partial charge in [-0.25, -0.2) is 4.79 Å².